The minimum Gasteiger partial charge on any atom is -0.481 e. The molecule has 0 saturated carbocycles. The van der Waals surface area contributed by atoms with Crippen LogP contribution in [-0.2, 0) is 4.79 Å². The van der Waals surface area contributed by atoms with E-state index in [-0.39, 0.29) is 6.42 Å². The summed E-state index contributed by atoms with van der Waals surface area (Å²) in [7, 11) is 0. The smallest absolute Gasteiger partial charge is 0.303 e. The van der Waals surface area contributed by atoms with Gasteiger partial charge < -0.3 is 5.11 Å². The highest BCUT2D eigenvalue weighted by molar-refractivity contribution is 5.67. The molecule has 1 unspecified atom stereocenters. The van der Waals surface area contributed by atoms with Gasteiger partial charge in [-0.15, -0.1) is 0 Å². The maximum Gasteiger partial charge on any atom is 0.303 e. The van der Waals surface area contributed by atoms with Crippen LogP contribution in [-0.4, -0.2) is 11.1 Å². The lowest BCUT2D eigenvalue weighted by Gasteiger charge is -2.08. The van der Waals surface area contributed by atoms with Crippen molar-refractivity contribution in [2.45, 2.75) is 19.3 Å². The molecule has 14 heavy (non-hydrogen) atoms. The van der Waals surface area contributed by atoms with E-state index in [0.29, 0.717) is 5.56 Å². The van der Waals surface area contributed by atoms with Gasteiger partial charge in [0.1, 0.15) is 11.6 Å². The fraction of sp³-hybridized carbons (Fsp3) is 0.300. The van der Waals surface area contributed by atoms with Gasteiger partial charge in [-0.1, -0.05) is 6.92 Å². The lowest BCUT2D eigenvalue weighted by atomic mass is 9.98. The lowest BCUT2D eigenvalue weighted by molar-refractivity contribution is -0.137. The number of halogens is 2. The molecular weight excluding hydrogens is 190 g/mol. The molecule has 1 aromatic carbocycles. The third kappa shape index (κ3) is 2.80. The van der Waals surface area contributed by atoms with Gasteiger partial charge in [-0.2, -0.15) is 0 Å². The normalized spacial score (nSPS) is 12.5. The second kappa shape index (κ2) is 4.17. The molecule has 0 aliphatic heterocycles. The van der Waals surface area contributed by atoms with Crippen LogP contribution in [0, 0.1) is 11.6 Å². The van der Waals surface area contributed by atoms with E-state index in [9.17, 15) is 13.6 Å². The Kier molecular flexibility index (Phi) is 3.17. The third-order valence-corrected chi connectivity index (χ3v) is 1.93. The average Bonchev–Trinajstić information content (AvgIpc) is 2.00. The fourth-order valence-electron chi connectivity index (χ4n) is 1.24. The van der Waals surface area contributed by atoms with Gasteiger partial charge in [0.05, 0.1) is 6.42 Å². The van der Waals surface area contributed by atoms with Crippen LogP contribution >= 0.6 is 0 Å². The standard InChI is InChI=1S/C10H10F2O2/c1-6(2-10(13)14)7-3-8(11)5-9(12)4-7/h3-6H,2H2,1H3,(H,13,14). The van der Waals surface area contributed by atoms with Crippen molar-refractivity contribution in [3.63, 3.8) is 0 Å². The minimum atomic E-state index is -0.984. The van der Waals surface area contributed by atoms with Crippen LogP contribution in [0.1, 0.15) is 24.8 Å². The Labute approximate surface area is 80.2 Å². The minimum absolute atomic E-state index is 0.136. The highest BCUT2D eigenvalue weighted by atomic mass is 19.1. The van der Waals surface area contributed by atoms with Gasteiger partial charge in [-0.05, 0) is 23.6 Å². The second-order valence-electron chi connectivity index (χ2n) is 3.20. The summed E-state index contributed by atoms with van der Waals surface area (Å²) in [6, 6.07) is 3.06. The van der Waals surface area contributed by atoms with Gasteiger partial charge in [0, 0.05) is 6.07 Å². The molecule has 4 heteroatoms. The predicted octanol–water partition coefficient (Wildman–Crippen LogP) is 2.54. The van der Waals surface area contributed by atoms with Crippen molar-refractivity contribution in [1.82, 2.24) is 0 Å². The summed E-state index contributed by atoms with van der Waals surface area (Å²) in [6.07, 6.45) is -0.136. The Morgan fingerprint density at radius 1 is 1.36 bits per heavy atom. The molecule has 0 saturated heterocycles. The van der Waals surface area contributed by atoms with Crippen molar-refractivity contribution >= 4 is 5.97 Å². The molecule has 0 aliphatic rings. The summed E-state index contributed by atoms with van der Waals surface area (Å²) in [5, 5.41) is 8.50. The van der Waals surface area contributed by atoms with Crippen LogP contribution in [0.25, 0.3) is 0 Å². The van der Waals surface area contributed by atoms with Gasteiger partial charge in [0.25, 0.3) is 0 Å². The van der Waals surface area contributed by atoms with E-state index in [0.717, 1.165) is 18.2 Å². The molecule has 0 spiro atoms. The van der Waals surface area contributed by atoms with Crippen molar-refractivity contribution in [3.05, 3.63) is 35.4 Å². The molecule has 76 valence electrons. The number of hydrogen-bond donors (Lipinski definition) is 1. The first-order chi connectivity index (χ1) is 6.49. The molecule has 0 aromatic heterocycles. The number of benzene rings is 1. The van der Waals surface area contributed by atoms with E-state index in [1.807, 2.05) is 0 Å². The largest absolute Gasteiger partial charge is 0.481 e. The van der Waals surface area contributed by atoms with Crippen molar-refractivity contribution in [2.24, 2.45) is 0 Å². The summed E-state index contributed by atoms with van der Waals surface area (Å²) < 4.78 is 25.5. The molecule has 0 aliphatic carbocycles. The Morgan fingerprint density at radius 2 is 1.86 bits per heavy atom. The second-order valence-corrected chi connectivity index (χ2v) is 3.20. The van der Waals surface area contributed by atoms with Crippen LogP contribution in [0.2, 0.25) is 0 Å². The fourth-order valence-corrected chi connectivity index (χ4v) is 1.24. The lowest BCUT2D eigenvalue weighted by Crippen LogP contribution is -2.03. The predicted molar refractivity (Wildman–Crippen MR) is 47.0 cm³/mol. The zero-order valence-corrected chi connectivity index (χ0v) is 7.63. The van der Waals surface area contributed by atoms with Gasteiger partial charge in [-0.25, -0.2) is 8.78 Å². The molecule has 0 amide bonds. The molecule has 0 heterocycles. The quantitative estimate of drug-likeness (QED) is 0.814. The highest BCUT2D eigenvalue weighted by Crippen LogP contribution is 2.20. The van der Waals surface area contributed by atoms with Crippen LogP contribution in [0.15, 0.2) is 18.2 Å². The molecule has 1 aromatic rings. The molecule has 0 bridgehead atoms. The molecule has 1 rings (SSSR count). The van der Waals surface area contributed by atoms with E-state index in [2.05, 4.69) is 0 Å². The van der Waals surface area contributed by atoms with Crippen molar-refractivity contribution in [3.8, 4) is 0 Å². The Balaban J connectivity index is 2.89. The highest BCUT2D eigenvalue weighted by Gasteiger charge is 2.12. The molecule has 0 radical (unpaired) electrons. The summed E-state index contributed by atoms with van der Waals surface area (Å²) in [4.78, 5) is 10.4. The summed E-state index contributed by atoms with van der Waals surface area (Å²) in [5.74, 6) is -2.74. The first-order valence-electron chi connectivity index (χ1n) is 4.17. The SMILES string of the molecule is CC(CC(=O)O)c1cc(F)cc(F)c1. The van der Waals surface area contributed by atoms with Crippen molar-refractivity contribution in [2.75, 3.05) is 0 Å². The molecule has 0 fully saturated rings. The first kappa shape index (κ1) is 10.6. The Morgan fingerprint density at radius 3 is 2.29 bits per heavy atom. The average molecular weight is 200 g/mol. The summed E-state index contributed by atoms with van der Waals surface area (Å²) in [6.45, 7) is 1.61. The molecular formula is C10H10F2O2. The van der Waals surface area contributed by atoms with E-state index in [4.69, 9.17) is 5.11 Å². The number of carbonyl (C=O) groups is 1. The van der Waals surface area contributed by atoms with Crippen molar-refractivity contribution in [1.29, 1.82) is 0 Å². The monoisotopic (exact) mass is 200 g/mol. The van der Waals surface area contributed by atoms with E-state index >= 15 is 0 Å². The van der Waals surface area contributed by atoms with Gasteiger partial charge in [-0.3, -0.25) is 4.79 Å². The first-order valence-corrected chi connectivity index (χ1v) is 4.17. The van der Waals surface area contributed by atoms with Crippen LogP contribution in [0.5, 0.6) is 0 Å². The van der Waals surface area contributed by atoms with E-state index < -0.39 is 23.5 Å². The van der Waals surface area contributed by atoms with Crippen LogP contribution in [0.4, 0.5) is 8.78 Å². The van der Waals surface area contributed by atoms with E-state index in [1.54, 1.807) is 6.92 Å². The van der Waals surface area contributed by atoms with E-state index in [1.165, 1.54) is 0 Å². The molecule has 1 N–H and O–H groups in total. The Bertz CT molecular complexity index is 330. The zero-order chi connectivity index (χ0) is 10.7. The number of carboxylic acid groups (broad SMARTS) is 1. The van der Waals surface area contributed by atoms with Crippen LogP contribution in [0.3, 0.4) is 0 Å². The maximum atomic E-state index is 12.7. The number of hydrogen-bond acceptors (Lipinski definition) is 1. The molecule has 2 nitrogen and oxygen atoms in total. The number of rotatable bonds is 3. The third-order valence-electron chi connectivity index (χ3n) is 1.93. The maximum absolute atomic E-state index is 12.7. The topological polar surface area (TPSA) is 37.3 Å². The summed E-state index contributed by atoms with van der Waals surface area (Å²) >= 11 is 0. The van der Waals surface area contributed by atoms with Crippen LogP contribution < -0.4 is 0 Å². The van der Waals surface area contributed by atoms with Gasteiger partial charge in [0.2, 0.25) is 0 Å². The summed E-state index contributed by atoms with van der Waals surface area (Å²) in [5.41, 5.74) is 0.366. The van der Waals surface area contributed by atoms with Gasteiger partial charge >= 0.3 is 5.97 Å². The number of carboxylic acids is 1. The number of aliphatic carboxylic acids is 1. The van der Waals surface area contributed by atoms with Crippen molar-refractivity contribution < 1.29 is 18.7 Å². The van der Waals surface area contributed by atoms with Gasteiger partial charge in [0.15, 0.2) is 0 Å². The zero-order valence-electron chi connectivity index (χ0n) is 7.63. The molecule has 1 atom stereocenters. The Hall–Kier alpha value is -1.45.